The molecule has 2 aliphatic heterocycles. The van der Waals surface area contributed by atoms with Crippen LogP contribution in [-0.2, 0) is 52.7 Å². The molecule has 2 atom stereocenters. The maximum Gasteiger partial charge on any atom is 0.376 e. The lowest BCUT2D eigenvalue weighted by molar-refractivity contribution is -0.260. The van der Waals surface area contributed by atoms with Crippen molar-refractivity contribution in [2.45, 2.75) is 42.7 Å². The van der Waals surface area contributed by atoms with Gasteiger partial charge in [0, 0.05) is 11.8 Å². The fourth-order valence-electron chi connectivity index (χ4n) is 6.90. The molecule has 2 N–H and O–H groups in total. The van der Waals surface area contributed by atoms with Crippen molar-refractivity contribution in [2.24, 2.45) is 5.16 Å². The van der Waals surface area contributed by atoms with Gasteiger partial charge in [-0.25, -0.2) is 9.78 Å². The number of hydrogen-bond acceptors (Lipinski definition) is 14. The second kappa shape index (κ2) is 19.2. The number of amides is 3. The lowest BCUT2D eigenvalue weighted by Gasteiger charge is -2.35. The SMILES string of the molecule is CO/N=C(\C(=O)NC1(CC(=O)OC(c2ccccc2)c2ccccc2)CON(C2(C(=O)OC(c3ccccc3)c3ccccc3)CCC(=O)O2)C1=O)c1csc(NC(=O)CCl)n1. The predicted molar refractivity (Wildman–Crippen MR) is 223 cm³/mol. The molecule has 0 saturated carbocycles. The third-order valence-corrected chi connectivity index (χ3v) is 10.8. The fourth-order valence-corrected chi connectivity index (χ4v) is 7.68. The zero-order valence-corrected chi connectivity index (χ0v) is 34.5. The number of oxime groups is 1. The molecule has 0 radical (unpaired) electrons. The Bertz CT molecular complexity index is 2380. The molecule has 2 saturated heterocycles. The Morgan fingerprint density at radius 3 is 1.85 bits per heavy atom. The lowest BCUT2D eigenvalue weighted by Crippen LogP contribution is -2.63. The molecule has 2 aliphatic rings. The average molecular weight is 880 g/mol. The van der Waals surface area contributed by atoms with E-state index in [-0.39, 0.29) is 23.1 Å². The van der Waals surface area contributed by atoms with Gasteiger partial charge in [0.25, 0.3) is 11.8 Å². The van der Waals surface area contributed by atoms with E-state index in [1.165, 1.54) is 12.5 Å². The minimum atomic E-state index is -2.49. The quantitative estimate of drug-likeness (QED) is 0.0422. The van der Waals surface area contributed by atoms with E-state index in [2.05, 4.69) is 20.8 Å². The summed E-state index contributed by atoms with van der Waals surface area (Å²) in [5, 5.41) is 10.9. The number of cyclic esters (lactones) is 1. The van der Waals surface area contributed by atoms with Crippen LogP contribution in [-0.4, -0.2) is 82.2 Å². The van der Waals surface area contributed by atoms with Crippen molar-refractivity contribution in [1.82, 2.24) is 15.4 Å². The Balaban J connectivity index is 1.24. The molecule has 2 fully saturated rings. The van der Waals surface area contributed by atoms with Gasteiger partial charge in [-0.05, 0) is 22.3 Å². The highest BCUT2D eigenvalue weighted by molar-refractivity contribution is 7.14. The maximum atomic E-state index is 15.1. The molecule has 16 nitrogen and oxygen atoms in total. The largest absolute Gasteiger partial charge is 0.452 e. The molecule has 18 heteroatoms. The summed E-state index contributed by atoms with van der Waals surface area (Å²) in [4.78, 5) is 98.2. The van der Waals surface area contributed by atoms with Gasteiger partial charge in [0.1, 0.15) is 25.3 Å². The van der Waals surface area contributed by atoms with Gasteiger partial charge < -0.3 is 29.7 Å². The summed E-state index contributed by atoms with van der Waals surface area (Å²) >= 11 is 6.58. The average Bonchev–Trinajstić information content (AvgIpc) is 4.02. The van der Waals surface area contributed by atoms with E-state index in [1.54, 1.807) is 121 Å². The van der Waals surface area contributed by atoms with Crippen LogP contribution in [0.1, 0.15) is 59.4 Å². The van der Waals surface area contributed by atoms with Crippen molar-refractivity contribution in [3.63, 3.8) is 0 Å². The van der Waals surface area contributed by atoms with Gasteiger partial charge in [0.05, 0.1) is 12.8 Å². The third kappa shape index (κ3) is 9.34. The second-order valence-electron chi connectivity index (χ2n) is 14.0. The molecule has 0 bridgehead atoms. The van der Waals surface area contributed by atoms with Gasteiger partial charge in [-0.2, -0.15) is 5.06 Å². The van der Waals surface area contributed by atoms with Gasteiger partial charge >= 0.3 is 23.6 Å². The van der Waals surface area contributed by atoms with Crippen molar-refractivity contribution in [1.29, 1.82) is 0 Å². The molecule has 1 aromatic heterocycles. The summed E-state index contributed by atoms with van der Waals surface area (Å²) in [7, 11) is 1.17. The number of aromatic nitrogens is 1. The zero-order valence-electron chi connectivity index (χ0n) is 32.9. The van der Waals surface area contributed by atoms with Gasteiger partial charge in [0.2, 0.25) is 5.91 Å². The molecule has 0 spiro atoms. The fraction of sp³-hybridized carbons (Fsp3) is 0.227. The van der Waals surface area contributed by atoms with E-state index in [0.29, 0.717) is 27.3 Å². The van der Waals surface area contributed by atoms with E-state index in [9.17, 15) is 24.0 Å². The molecule has 5 aromatic rings. The summed E-state index contributed by atoms with van der Waals surface area (Å²) in [6, 6.07) is 35.4. The lowest BCUT2D eigenvalue weighted by atomic mass is 9.93. The van der Waals surface area contributed by atoms with Crippen LogP contribution in [0.15, 0.2) is 132 Å². The number of hydroxylamine groups is 2. The maximum absolute atomic E-state index is 15.1. The van der Waals surface area contributed by atoms with Crippen molar-refractivity contribution < 1.29 is 52.7 Å². The van der Waals surface area contributed by atoms with Crippen molar-refractivity contribution >= 4 is 69.4 Å². The molecule has 3 heterocycles. The number of halogens is 1. The van der Waals surface area contributed by atoms with E-state index in [0.717, 1.165) is 11.3 Å². The Labute approximate surface area is 363 Å². The smallest absolute Gasteiger partial charge is 0.376 e. The molecule has 0 aliphatic carbocycles. The van der Waals surface area contributed by atoms with Gasteiger partial charge in [0.15, 0.2) is 28.6 Å². The van der Waals surface area contributed by atoms with Crippen LogP contribution in [0, 0.1) is 0 Å². The van der Waals surface area contributed by atoms with Crippen molar-refractivity contribution in [3.05, 3.63) is 155 Å². The van der Waals surface area contributed by atoms with E-state index in [1.807, 2.05) is 0 Å². The number of carbonyl (C=O) groups excluding carboxylic acids is 6. The standard InChI is InChI=1S/C44H38ClN5O11S/c1-57-49-36(32-26-62-42(46-32)47-33(51)25-45)39(54)48-43(24-35(53)59-37(28-14-6-2-7-15-28)29-16-8-3-9-17-29)27-58-50(40(43)55)44(23-22-34(52)61-44)41(56)60-38(30-18-10-4-11-19-30)31-20-12-5-13-21-31/h2-21,26,37-38H,22-25,27H2,1H3,(H,48,54)(H,46,47,51)/b49-36-. The second-order valence-corrected chi connectivity index (χ2v) is 15.1. The number of nitrogens with zero attached hydrogens (tertiary/aromatic N) is 3. The number of hydrogen-bond donors (Lipinski definition) is 2. The van der Waals surface area contributed by atoms with Gasteiger partial charge in [-0.1, -0.05) is 126 Å². The van der Waals surface area contributed by atoms with Crippen LogP contribution in [0.25, 0.3) is 0 Å². The topological polar surface area (TPSA) is 201 Å². The summed E-state index contributed by atoms with van der Waals surface area (Å²) in [5.74, 6) is -6.08. The van der Waals surface area contributed by atoms with Gasteiger partial charge in [-0.3, -0.25) is 28.8 Å². The highest BCUT2D eigenvalue weighted by atomic mass is 35.5. The van der Waals surface area contributed by atoms with E-state index < -0.39 is 84.3 Å². The molecular formula is C44H38ClN5O11S. The van der Waals surface area contributed by atoms with Crippen LogP contribution in [0.2, 0.25) is 0 Å². The molecule has 7 rings (SSSR count). The number of alkyl halides is 1. The molecule has 3 amide bonds. The van der Waals surface area contributed by atoms with E-state index in [4.69, 9.17) is 35.5 Å². The van der Waals surface area contributed by atoms with Crippen LogP contribution in [0.3, 0.4) is 0 Å². The van der Waals surface area contributed by atoms with Crippen LogP contribution >= 0.6 is 22.9 Å². The molecule has 62 heavy (non-hydrogen) atoms. The number of rotatable bonds is 16. The number of carbonyl (C=O) groups is 6. The minimum absolute atomic E-state index is 0.0766. The van der Waals surface area contributed by atoms with E-state index >= 15 is 4.79 Å². The van der Waals surface area contributed by atoms with Crippen LogP contribution in [0.4, 0.5) is 5.13 Å². The highest BCUT2D eigenvalue weighted by Gasteiger charge is 2.65. The summed E-state index contributed by atoms with van der Waals surface area (Å²) in [6.45, 7) is -0.754. The Morgan fingerprint density at radius 1 is 0.839 bits per heavy atom. The van der Waals surface area contributed by atoms with Crippen molar-refractivity contribution in [3.8, 4) is 0 Å². The van der Waals surface area contributed by atoms with Crippen molar-refractivity contribution in [2.75, 3.05) is 24.9 Å². The highest BCUT2D eigenvalue weighted by Crippen LogP contribution is 2.41. The number of thiazole rings is 1. The monoisotopic (exact) mass is 879 g/mol. The first-order chi connectivity index (χ1) is 30.1. The zero-order chi connectivity index (χ0) is 43.7. The predicted octanol–water partition coefficient (Wildman–Crippen LogP) is 5.39. The van der Waals surface area contributed by atoms with Gasteiger partial charge in [-0.15, -0.1) is 22.9 Å². The Hall–Kier alpha value is -6.95. The number of ether oxygens (including phenoxy) is 3. The summed E-state index contributed by atoms with van der Waals surface area (Å²) in [5.41, 5.74) is -2.98. The first kappa shape index (κ1) is 43.1. The first-order valence-corrected chi connectivity index (χ1v) is 20.5. The molecule has 2 unspecified atom stereocenters. The number of esters is 3. The van der Waals surface area contributed by atoms with Crippen LogP contribution < -0.4 is 10.6 Å². The number of benzene rings is 4. The Morgan fingerprint density at radius 2 is 1.37 bits per heavy atom. The number of anilines is 1. The third-order valence-electron chi connectivity index (χ3n) is 9.83. The summed E-state index contributed by atoms with van der Waals surface area (Å²) < 4.78 is 17.9. The normalized spacial score (nSPS) is 18.6. The summed E-state index contributed by atoms with van der Waals surface area (Å²) in [6.07, 6.45) is -3.52. The Kier molecular flexibility index (Phi) is 13.4. The first-order valence-electron chi connectivity index (χ1n) is 19.1. The molecule has 4 aromatic carbocycles. The number of nitrogens with one attached hydrogen (secondary N) is 2. The molecule has 318 valence electrons. The molecular weight excluding hydrogens is 842 g/mol. The minimum Gasteiger partial charge on any atom is -0.452 e. The van der Waals surface area contributed by atoms with Crippen LogP contribution in [0.5, 0.6) is 0 Å².